The van der Waals surface area contributed by atoms with Gasteiger partial charge in [0.05, 0.1) is 11.0 Å². The molecule has 19 heavy (non-hydrogen) atoms. The van der Waals surface area contributed by atoms with Crippen LogP contribution in [0.3, 0.4) is 0 Å². The van der Waals surface area contributed by atoms with Gasteiger partial charge in [-0.15, -0.1) is 0 Å². The summed E-state index contributed by atoms with van der Waals surface area (Å²) in [5, 5.41) is 12.0. The second kappa shape index (κ2) is 4.28. The summed E-state index contributed by atoms with van der Waals surface area (Å²) < 4.78 is 1.95. The second-order valence-corrected chi connectivity index (χ2v) is 5.19. The fraction of sp³-hybridized carbons (Fsp3) is 0.250. The van der Waals surface area contributed by atoms with Crippen LogP contribution in [0.5, 0.6) is 0 Å². The fourth-order valence-electron chi connectivity index (χ4n) is 2.64. The molecule has 3 aromatic rings. The van der Waals surface area contributed by atoms with E-state index in [-0.39, 0.29) is 6.73 Å². The quantitative estimate of drug-likeness (QED) is 0.761. The summed E-state index contributed by atoms with van der Waals surface area (Å²) in [5.74, 6) is 0. The molecule has 1 N–H and O–H groups in total. The molecule has 1 heterocycles. The predicted octanol–water partition coefficient (Wildman–Crippen LogP) is 3.12. The number of nitrogens with zero attached hydrogens (tertiary/aromatic N) is 2. The maximum Gasteiger partial charge on any atom is 0.120 e. The van der Waals surface area contributed by atoms with Crippen LogP contribution in [0.25, 0.3) is 21.8 Å². The normalized spacial score (nSPS) is 11.4. The van der Waals surface area contributed by atoms with E-state index in [1.165, 1.54) is 22.0 Å². The summed E-state index contributed by atoms with van der Waals surface area (Å²) in [5.41, 5.74) is 4.57. The lowest BCUT2D eigenvalue weighted by Gasteiger charge is -2.12. The number of aliphatic hydroxyl groups is 1. The van der Waals surface area contributed by atoms with Gasteiger partial charge in [-0.2, -0.15) is 0 Å². The van der Waals surface area contributed by atoms with Crippen molar-refractivity contribution in [2.24, 2.45) is 0 Å². The first-order valence-electron chi connectivity index (χ1n) is 6.42. The monoisotopic (exact) mass is 254 g/mol. The van der Waals surface area contributed by atoms with Gasteiger partial charge in [-0.25, -0.2) is 0 Å². The van der Waals surface area contributed by atoms with Crippen LogP contribution < -0.4 is 4.90 Å². The molecule has 0 aliphatic carbocycles. The van der Waals surface area contributed by atoms with Gasteiger partial charge in [0.25, 0.3) is 0 Å². The fourth-order valence-corrected chi connectivity index (χ4v) is 2.64. The summed E-state index contributed by atoms with van der Waals surface area (Å²) in [6, 6.07) is 12.7. The molecule has 2 aromatic carbocycles. The van der Waals surface area contributed by atoms with Gasteiger partial charge in [0.2, 0.25) is 0 Å². The highest BCUT2D eigenvalue weighted by Gasteiger charge is 2.11. The molecule has 0 aliphatic heterocycles. The Labute approximate surface area is 112 Å². The van der Waals surface area contributed by atoms with Crippen molar-refractivity contribution in [3.8, 4) is 0 Å². The van der Waals surface area contributed by atoms with Crippen molar-refractivity contribution in [3.63, 3.8) is 0 Å². The van der Waals surface area contributed by atoms with E-state index in [0.29, 0.717) is 0 Å². The minimum Gasteiger partial charge on any atom is -0.378 e. The zero-order valence-electron chi connectivity index (χ0n) is 11.5. The molecule has 3 rings (SSSR count). The summed E-state index contributed by atoms with van der Waals surface area (Å²) in [6.07, 6.45) is 0. The smallest absolute Gasteiger partial charge is 0.120 e. The molecule has 0 atom stereocenters. The summed E-state index contributed by atoms with van der Waals surface area (Å²) in [6.45, 7) is 2.10. The molecule has 0 saturated carbocycles. The number of anilines is 1. The third-order valence-corrected chi connectivity index (χ3v) is 3.66. The number of rotatable bonds is 2. The number of aliphatic hydroxyl groups excluding tert-OH is 1. The van der Waals surface area contributed by atoms with Crippen LogP contribution in [0.4, 0.5) is 5.69 Å². The number of hydrogen-bond acceptors (Lipinski definition) is 2. The van der Waals surface area contributed by atoms with Gasteiger partial charge >= 0.3 is 0 Å². The Balaban J connectivity index is 2.45. The molecule has 0 spiro atoms. The molecule has 0 saturated heterocycles. The van der Waals surface area contributed by atoms with Crippen molar-refractivity contribution in [2.75, 3.05) is 19.0 Å². The summed E-state index contributed by atoms with van der Waals surface area (Å²) in [7, 11) is 4.08. The topological polar surface area (TPSA) is 28.4 Å². The molecule has 0 radical (unpaired) electrons. The van der Waals surface area contributed by atoms with E-state index in [4.69, 9.17) is 0 Å². The SMILES string of the molecule is Cc1ccc2c(c1)c1cc(N(C)C)ccc1n2CO. The Kier molecular flexibility index (Phi) is 2.72. The van der Waals surface area contributed by atoms with Gasteiger partial charge in [0.15, 0.2) is 0 Å². The van der Waals surface area contributed by atoms with E-state index in [9.17, 15) is 5.11 Å². The van der Waals surface area contributed by atoms with Gasteiger partial charge < -0.3 is 14.6 Å². The minimum absolute atomic E-state index is 0.00434. The lowest BCUT2D eigenvalue weighted by Crippen LogP contribution is -2.08. The maximum atomic E-state index is 9.62. The first-order valence-corrected chi connectivity index (χ1v) is 6.42. The van der Waals surface area contributed by atoms with Crippen LogP contribution in [0.1, 0.15) is 5.56 Å². The molecule has 98 valence electrons. The Morgan fingerprint density at radius 2 is 1.63 bits per heavy atom. The number of aromatic nitrogens is 1. The van der Waals surface area contributed by atoms with Gasteiger partial charge in [0, 0.05) is 30.6 Å². The average Bonchev–Trinajstić information content (AvgIpc) is 2.71. The van der Waals surface area contributed by atoms with Crippen molar-refractivity contribution in [2.45, 2.75) is 13.7 Å². The third-order valence-electron chi connectivity index (χ3n) is 3.66. The molecule has 3 heteroatoms. The van der Waals surface area contributed by atoms with E-state index >= 15 is 0 Å². The molecule has 1 aromatic heterocycles. The lowest BCUT2D eigenvalue weighted by atomic mass is 10.1. The van der Waals surface area contributed by atoms with Crippen molar-refractivity contribution >= 4 is 27.5 Å². The van der Waals surface area contributed by atoms with Crippen LogP contribution in [-0.2, 0) is 6.73 Å². The molecule has 0 fully saturated rings. The first kappa shape index (κ1) is 12.1. The van der Waals surface area contributed by atoms with Gasteiger partial charge in [-0.05, 0) is 37.3 Å². The van der Waals surface area contributed by atoms with E-state index in [2.05, 4.69) is 48.2 Å². The molecular formula is C16H18N2O. The van der Waals surface area contributed by atoms with Crippen LogP contribution in [0.2, 0.25) is 0 Å². The van der Waals surface area contributed by atoms with Crippen LogP contribution in [0.15, 0.2) is 36.4 Å². The van der Waals surface area contributed by atoms with E-state index < -0.39 is 0 Å². The first-order chi connectivity index (χ1) is 9.11. The van der Waals surface area contributed by atoms with Crippen molar-refractivity contribution in [3.05, 3.63) is 42.0 Å². The van der Waals surface area contributed by atoms with Gasteiger partial charge in [-0.3, -0.25) is 0 Å². The summed E-state index contributed by atoms with van der Waals surface area (Å²) in [4.78, 5) is 2.09. The number of aryl methyl sites for hydroxylation is 1. The maximum absolute atomic E-state index is 9.62. The van der Waals surface area contributed by atoms with Crippen LogP contribution in [-0.4, -0.2) is 23.8 Å². The minimum atomic E-state index is 0.00434. The van der Waals surface area contributed by atoms with E-state index in [1.807, 2.05) is 18.7 Å². The van der Waals surface area contributed by atoms with Gasteiger partial charge in [0.1, 0.15) is 6.73 Å². The van der Waals surface area contributed by atoms with Gasteiger partial charge in [-0.1, -0.05) is 11.6 Å². The number of hydrogen-bond donors (Lipinski definition) is 1. The Morgan fingerprint density at radius 1 is 1.00 bits per heavy atom. The summed E-state index contributed by atoms with van der Waals surface area (Å²) >= 11 is 0. The predicted molar refractivity (Wildman–Crippen MR) is 80.7 cm³/mol. The Morgan fingerprint density at radius 3 is 2.26 bits per heavy atom. The van der Waals surface area contributed by atoms with Crippen molar-refractivity contribution in [1.82, 2.24) is 4.57 Å². The van der Waals surface area contributed by atoms with Crippen LogP contribution in [0, 0.1) is 6.92 Å². The zero-order valence-corrected chi connectivity index (χ0v) is 11.5. The average molecular weight is 254 g/mol. The highest BCUT2D eigenvalue weighted by Crippen LogP contribution is 2.32. The zero-order chi connectivity index (χ0) is 13.6. The molecular weight excluding hydrogens is 236 g/mol. The third kappa shape index (κ3) is 1.78. The standard InChI is InChI=1S/C16H18N2O/c1-11-4-6-15-13(8-11)14-9-12(17(2)3)5-7-16(14)18(15)10-19/h4-9,19H,10H2,1-3H3. The van der Waals surface area contributed by atoms with E-state index in [0.717, 1.165) is 11.0 Å². The molecule has 0 bridgehead atoms. The molecule has 0 aliphatic rings. The van der Waals surface area contributed by atoms with Crippen LogP contribution >= 0.6 is 0 Å². The number of benzene rings is 2. The molecule has 0 unspecified atom stereocenters. The Bertz CT molecular complexity index is 756. The van der Waals surface area contributed by atoms with E-state index in [1.54, 1.807) is 0 Å². The molecule has 3 nitrogen and oxygen atoms in total. The Hall–Kier alpha value is -2.00. The second-order valence-electron chi connectivity index (χ2n) is 5.19. The highest BCUT2D eigenvalue weighted by molar-refractivity contribution is 6.09. The lowest BCUT2D eigenvalue weighted by molar-refractivity contribution is 0.220. The van der Waals surface area contributed by atoms with Crippen molar-refractivity contribution < 1.29 is 5.11 Å². The largest absolute Gasteiger partial charge is 0.378 e. The molecule has 0 amide bonds. The van der Waals surface area contributed by atoms with Crippen molar-refractivity contribution in [1.29, 1.82) is 0 Å². The highest BCUT2D eigenvalue weighted by atomic mass is 16.3. The number of fused-ring (bicyclic) bond motifs is 3.